The van der Waals surface area contributed by atoms with Crippen molar-refractivity contribution in [3.63, 3.8) is 0 Å². The number of benzene rings is 1. The molecule has 0 heterocycles. The van der Waals surface area contributed by atoms with Gasteiger partial charge in [-0.1, -0.05) is 15.9 Å². The first-order valence-corrected chi connectivity index (χ1v) is 7.03. The van der Waals surface area contributed by atoms with Crippen LogP contribution in [0.1, 0.15) is 15.9 Å². The first kappa shape index (κ1) is 14.1. The highest BCUT2D eigenvalue weighted by molar-refractivity contribution is 9.10. The van der Waals surface area contributed by atoms with Crippen LogP contribution in [-0.2, 0) is 10.0 Å². The standard InChI is InChI=1S/C10H13BrN2O3S/c1-6-8(10(14)13(2)3)4-7(5-9(6)11)17(12,15)16/h4-5H,1-3H3,(H2,12,15,16). The molecule has 0 aliphatic rings. The Balaban J connectivity index is 3.51. The van der Waals surface area contributed by atoms with Gasteiger partial charge in [-0.2, -0.15) is 0 Å². The van der Waals surface area contributed by atoms with Crippen LogP contribution in [0, 0.1) is 6.92 Å². The van der Waals surface area contributed by atoms with Crippen molar-refractivity contribution < 1.29 is 13.2 Å². The van der Waals surface area contributed by atoms with Crippen LogP contribution < -0.4 is 5.14 Å². The molecule has 0 fully saturated rings. The van der Waals surface area contributed by atoms with Crippen molar-refractivity contribution >= 4 is 31.9 Å². The Morgan fingerprint density at radius 3 is 2.29 bits per heavy atom. The number of rotatable bonds is 2. The highest BCUT2D eigenvalue weighted by Crippen LogP contribution is 2.25. The summed E-state index contributed by atoms with van der Waals surface area (Å²) in [7, 11) is -0.631. The molecule has 0 unspecified atom stereocenters. The highest BCUT2D eigenvalue weighted by atomic mass is 79.9. The number of sulfonamides is 1. The summed E-state index contributed by atoms with van der Waals surface area (Å²) in [6.45, 7) is 1.73. The normalized spacial score (nSPS) is 11.4. The first-order chi connectivity index (χ1) is 7.64. The predicted octanol–water partition coefficient (Wildman–Crippen LogP) is 1.11. The summed E-state index contributed by atoms with van der Waals surface area (Å²) in [4.78, 5) is 13.2. The van der Waals surface area contributed by atoms with E-state index in [4.69, 9.17) is 5.14 Å². The summed E-state index contributed by atoms with van der Waals surface area (Å²) in [6.07, 6.45) is 0. The van der Waals surface area contributed by atoms with Gasteiger partial charge in [0.05, 0.1) is 4.90 Å². The summed E-state index contributed by atoms with van der Waals surface area (Å²) in [5.41, 5.74) is 0.990. The van der Waals surface area contributed by atoms with Gasteiger partial charge in [0.2, 0.25) is 10.0 Å². The lowest BCUT2D eigenvalue weighted by atomic mass is 10.1. The number of halogens is 1. The van der Waals surface area contributed by atoms with Crippen molar-refractivity contribution in [2.45, 2.75) is 11.8 Å². The van der Waals surface area contributed by atoms with E-state index < -0.39 is 10.0 Å². The van der Waals surface area contributed by atoms with Crippen LogP contribution >= 0.6 is 15.9 Å². The van der Waals surface area contributed by atoms with E-state index in [9.17, 15) is 13.2 Å². The zero-order valence-corrected chi connectivity index (χ0v) is 12.1. The molecule has 1 rings (SSSR count). The van der Waals surface area contributed by atoms with Gasteiger partial charge >= 0.3 is 0 Å². The van der Waals surface area contributed by atoms with Crippen molar-refractivity contribution in [1.29, 1.82) is 0 Å². The second kappa shape index (κ2) is 4.75. The second-order valence-electron chi connectivity index (χ2n) is 3.82. The lowest BCUT2D eigenvalue weighted by molar-refractivity contribution is 0.0826. The third-order valence-electron chi connectivity index (χ3n) is 2.28. The van der Waals surface area contributed by atoms with Crippen molar-refractivity contribution in [2.24, 2.45) is 5.14 Å². The smallest absolute Gasteiger partial charge is 0.253 e. The van der Waals surface area contributed by atoms with Crippen LogP contribution in [0.2, 0.25) is 0 Å². The Morgan fingerprint density at radius 2 is 1.88 bits per heavy atom. The minimum Gasteiger partial charge on any atom is -0.345 e. The maximum atomic E-state index is 11.9. The van der Waals surface area contributed by atoms with Gasteiger partial charge in [0.25, 0.3) is 5.91 Å². The average molecular weight is 321 g/mol. The first-order valence-electron chi connectivity index (χ1n) is 4.69. The molecule has 0 spiro atoms. The summed E-state index contributed by atoms with van der Waals surface area (Å²) in [5, 5.41) is 5.05. The Bertz CT molecular complexity index is 567. The zero-order chi connectivity index (χ0) is 13.4. The number of hydrogen-bond donors (Lipinski definition) is 1. The lowest BCUT2D eigenvalue weighted by Crippen LogP contribution is -2.23. The molecular weight excluding hydrogens is 308 g/mol. The topological polar surface area (TPSA) is 80.5 Å². The molecule has 7 heteroatoms. The Hall–Kier alpha value is -0.920. The molecule has 0 saturated heterocycles. The largest absolute Gasteiger partial charge is 0.345 e. The van der Waals surface area contributed by atoms with Crippen molar-refractivity contribution in [3.8, 4) is 0 Å². The van der Waals surface area contributed by atoms with E-state index >= 15 is 0 Å². The van der Waals surface area contributed by atoms with E-state index in [2.05, 4.69) is 15.9 Å². The third-order valence-corrected chi connectivity index (χ3v) is 4.00. The summed E-state index contributed by atoms with van der Waals surface area (Å²) in [5.74, 6) is -0.270. The van der Waals surface area contributed by atoms with Crippen molar-refractivity contribution in [3.05, 3.63) is 27.7 Å². The van der Waals surface area contributed by atoms with E-state index in [1.165, 1.54) is 17.0 Å². The highest BCUT2D eigenvalue weighted by Gasteiger charge is 2.18. The fraction of sp³-hybridized carbons (Fsp3) is 0.300. The molecular formula is C10H13BrN2O3S. The van der Waals surface area contributed by atoms with Gasteiger partial charge in [0.15, 0.2) is 0 Å². The number of hydrogen-bond acceptors (Lipinski definition) is 3. The number of amides is 1. The van der Waals surface area contributed by atoms with Gasteiger partial charge in [-0.25, -0.2) is 13.6 Å². The van der Waals surface area contributed by atoms with Crippen LogP contribution in [0.5, 0.6) is 0 Å². The molecule has 0 atom stereocenters. The molecule has 1 aromatic carbocycles. The molecule has 1 amide bonds. The number of primary sulfonamides is 1. The number of carbonyl (C=O) groups excluding carboxylic acids is 1. The fourth-order valence-corrected chi connectivity index (χ4v) is 2.46. The van der Waals surface area contributed by atoms with E-state index in [1.807, 2.05) is 0 Å². The number of nitrogens with two attached hydrogens (primary N) is 1. The van der Waals surface area contributed by atoms with E-state index in [-0.39, 0.29) is 10.8 Å². The SMILES string of the molecule is Cc1c(Br)cc(S(N)(=O)=O)cc1C(=O)N(C)C. The van der Waals surface area contributed by atoms with Crippen LogP contribution in [0.3, 0.4) is 0 Å². The van der Waals surface area contributed by atoms with Crippen LogP contribution in [0.4, 0.5) is 0 Å². The molecule has 0 aliphatic carbocycles. The molecule has 0 saturated carbocycles. The molecule has 0 aliphatic heterocycles. The van der Waals surface area contributed by atoms with Crippen LogP contribution in [0.25, 0.3) is 0 Å². The van der Waals surface area contributed by atoms with Gasteiger partial charge in [-0.05, 0) is 24.6 Å². The Labute approximate surface area is 109 Å². The molecule has 1 aromatic rings. The van der Waals surface area contributed by atoms with Gasteiger partial charge < -0.3 is 4.90 Å². The maximum absolute atomic E-state index is 11.9. The Morgan fingerprint density at radius 1 is 1.35 bits per heavy atom. The van der Waals surface area contributed by atoms with Gasteiger partial charge in [-0.3, -0.25) is 4.79 Å². The minimum absolute atomic E-state index is 0.0832. The van der Waals surface area contributed by atoms with E-state index in [1.54, 1.807) is 21.0 Å². The Kier molecular flexibility index (Phi) is 3.95. The maximum Gasteiger partial charge on any atom is 0.253 e. The molecule has 0 radical (unpaired) electrons. The molecule has 94 valence electrons. The molecule has 17 heavy (non-hydrogen) atoms. The van der Waals surface area contributed by atoms with Crippen LogP contribution in [-0.4, -0.2) is 33.3 Å². The zero-order valence-electron chi connectivity index (χ0n) is 9.69. The minimum atomic E-state index is -3.82. The molecule has 2 N–H and O–H groups in total. The third kappa shape index (κ3) is 3.05. The fourth-order valence-electron chi connectivity index (χ4n) is 1.28. The van der Waals surface area contributed by atoms with Crippen molar-refractivity contribution in [1.82, 2.24) is 4.90 Å². The summed E-state index contributed by atoms with van der Waals surface area (Å²) >= 11 is 3.22. The molecule has 0 bridgehead atoms. The number of nitrogens with zero attached hydrogens (tertiary/aromatic N) is 1. The van der Waals surface area contributed by atoms with Gasteiger partial charge in [0, 0.05) is 24.1 Å². The van der Waals surface area contributed by atoms with E-state index in [0.29, 0.717) is 15.6 Å². The quantitative estimate of drug-likeness (QED) is 0.886. The monoisotopic (exact) mass is 320 g/mol. The van der Waals surface area contributed by atoms with E-state index in [0.717, 1.165) is 0 Å². The molecule has 0 aromatic heterocycles. The number of carbonyl (C=O) groups is 1. The van der Waals surface area contributed by atoms with Crippen LogP contribution in [0.15, 0.2) is 21.5 Å². The second-order valence-corrected chi connectivity index (χ2v) is 6.24. The van der Waals surface area contributed by atoms with Gasteiger partial charge in [0.1, 0.15) is 0 Å². The lowest BCUT2D eigenvalue weighted by Gasteiger charge is -2.14. The summed E-state index contributed by atoms with van der Waals surface area (Å²) < 4.78 is 23.1. The van der Waals surface area contributed by atoms with Crippen molar-refractivity contribution in [2.75, 3.05) is 14.1 Å². The average Bonchev–Trinajstić information content (AvgIpc) is 2.19. The molecule has 5 nitrogen and oxygen atoms in total. The summed E-state index contributed by atoms with van der Waals surface area (Å²) in [6, 6.07) is 2.68. The predicted molar refractivity (Wildman–Crippen MR) is 68.3 cm³/mol. The van der Waals surface area contributed by atoms with Gasteiger partial charge in [-0.15, -0.1) is 0 Å².